The third-order valence-electron chi connectivity index (χ3n) is 2.13. The van der Waals surface area contributed by atoms with E-state index in [2.05, 4.69) is 31.9 Å². The molecule has 80 valence electrons. The summed E-state index contributed by atoms with van der Waals surface area (Å²) in [7, 11) is 0. The van der Waals surface area contributed by atoms with Gasteiger partial charge in [0.1, 0.15) is 6.10 Å². The van der Waals surface area contributed by atoms with E-state index in [0.29, 0.717) is 0 Å². The molecule has 0 radical (unpaired) electrons. The molecule has 1 N–H and O–H groups in total. The molecule has 0 spiro atoms. The summed E-state index contributed by atoms with van der Waals surface area (Å²) < 4.78 is 2.01. The summed E-state index contributed by atoms with van der Waals surface area (Å²) in [6.07, 6.45) is -0.510. The molecule has 1 nitrogen and oxygen atoms in total. The molecule has 1 atom stereocenters. The molecule has 5 heteroatoms. The van der Waals surface area contributed by atoms with E-state index in [1.807, 2.05) is 24.4 Å². The Labute approximate surface area is 113 Å². The molecule has 0 fully saturated rings. The van der Waals surface area contributed by atoms with E-state index in [1.54, 1.807) is 22.7 Å². The molecule has 2 rings (SSSR count). The quantitative estimate of drug-likeness (QED) is 0.813. The predicted molar refractivity (Wildman–Crippen MR) is 72.8 cm³/mol. The Morgan fingerprint density at radius 1 is 1.40 bits per heavy atom. The Bertz CT molecular complexity index is 456. The van der Waals surface area contributed by atoms with Crippen LogP contribution in [0.3, 0.4) is 0 Å². The molecule has 0 aromatic carbocycles. The smallest absolute Gasteiger partial charge is 0.114 e. The summed E-state index contributed by atoms with van der Waals surface area (Å²) in [5.41, 5.74) is 1.00. The van der Waals surface area contributed by atoms with E-state index in [-0.39, 0.29) is 0 Å². The summed E-state index contributed by atoms with van der Waals surface area (Å²) in [5, 5.41) is 12.2. The largest absolute Gasteiger partial charge is 0.383 e. The van der Waals surface area contributed by atoms with Gasteiger partial charge in [0, 0.05) is 14.2 Å². The van der Waals surface area contributed by atoms with Crippen LogP contribution in [0.15, 0.2) is 25.8 Å². The van der Waals surface area contributed by atoms with Gasteiger partial charge < -0.3 is 5.11 Å². The van der Waals surface area contributed by atoms with Crippen molar-refractivity contribution in [1.82, 2.24) is 0 Å². The van der Waals surface area contributed by atoms with Crippen molar-refractivity contribution in [2.45, 2.75) is 13.0 Å². The molecule has 0 aliphatic rings. The Morgan fingerprint density at radius 2 is 2.13 bits per heavy atom. The van der Waals surface area contributed by atoms with Crippen molar-refractivity contribution in [2.24, 2.45) is 0 Å². The number of thiophene rings is 2. The number of aliphatic hydroxyl groups is 1. The fourth-order valence-corrected chi connectivity index (χ4v) is 4.16. The van der Waals surface area contributed by atoms with Gasteiger partial charge in [-0.1, -0.05) is 0 Å². The SMILES string of the molecule is Cc1sccc1C(O)c1cc(Br)c(Br)s1. The minimum absolute atomic E-state index is 0.510. The number of aryl methyl sites for hydroxylation is 1. The van der Waals surface area contributed by atoms with Crippen molar-refractivity contribution in [3.05, 3.63) is 41.1 Å². The zero-order valence-electron chi connectivity index (χ0n) is 7.83. The highest BCUT2D eigenvalue weighted by Crippen LogP contribution is 2.38. The zero-order valence-corrected chi connectivity index (χ0v) is 12.6. The number of aliphatic hydroxyl groups excluding tert-OH is 1. The molecule has 2 aromatic heterocycles. The van der Waals surface area contributed by atoms with Gasteiger partial charge in [-0.3, -0.25) is 0 Å². The fraction of sp³-hybridized carbons (Fsp3) is 0.200. The zero-order chi connectivity index (χ0) is 11.0. The second kappa shape index (κ2) is 4.67. The van der Waals surface area contributed by atoms with Crippen molar-refractivity contribution in [3.63, 3.8) is 0 Å². The molecule has 0 amide bonds. The monoisotopic (exact) mass is 366 g/mol. The van der Waals surface area contributed by atoms with Crippen molar-refractivity contribution in [2.75, 3.05) is 0 Å². The fourth-order valence-electron chi connectivity index (χ4n) is 1.33. The molecule has 1 unspecified atom stereocenters. The van der Waals surface area contributed by atoms with Crippen LogP contribution >= 0.6 is 54.5 Å². The van der Waals surface area contributed by atoms with Crippen molar-refractivity contribution in [3.8, 4) is 0 Å². The summed E-state index contributed by atoms with van der Waals surface area (Å²) in [6, 6.07) is 3.93. The van der Waals surface area contributed by atoms with E-state index in [0.717, 1.165) is 18.7 Å². The van der Waals surface area contributed by atoms with E-state index < -0.39 is 6.10 Å². The minimum Gasteiger partial charge on any atom is -0.383 e. The number of rotatable bonds is 2. The van der Waals surface area contributed by atoms with Crippen molar-refractivity contribution >= 4 is 54.5 Å². The van der Waals surface area contributed by atoms with E-state index in [9.17, 15) is 5.11 Å². The van der Waals surface area contributed by atoms with Gasteiger partial charge in [0.2, 0.25) is 0 Å². The maximum atomic E-state index is 10.2. The average Bonchev–Trinajstić information content (AvgIpc) is 2.74. The van der Waals surface area contributed by atoms with Crippen LogP contribution in [0.1, 0.15) is 21.4 Å². The number of hydrogen-bond donors (Lipinski definition) is 1. The lowest BCUT2D eigenvalue weighted by atomic mass is 10.1. The first-order valence-corrected chi connectivity index (χ1v) is 7.54. The third kappa shape index (κ3) is 2.36. The first kappa shape index (κ1) is 11.8. The Kier molecular flexibility index (Phi) is 3.67. The Balaban J connectivity index is 2.36. The second-order valence-corrected chi connectivity index (χ2v) is 7.48. The molecule has 0 saturated carbocycles. The van der Waals surface area contributed by atoms with Gasteiger partial charge in [-0.15, -0.1) is 22.7 Å². The van der Waals surface area contributed by atoms with Crippen LogP contribution in [0.5, 0.6) is 0 Å². The van der Waals surface area contributed by atoms with Crippen molar-refractivity contribution < 1.29 is 5.11 Å². The van der Waals surface area contributed by atoms with Crippen LogP contribution in [0, 0.1) is 6.92 Å². The standard InChI is InChI=1S/C10H8Br2OS2/c1-5-6(2-3-14-5)9(13)8-4-7(11)10(12)15-8/h2-4,9,13H,1H3. The van der Waals surface area contributed by atoms with Gasteiger partial charge in [-0.2, -0.15) is 0 Å². The summed E-state index contributed by atoms with van der Waals surface area (Å²) in [6.45, 7) is 2.03. The van der Waals surface area contributed by atoms with Crippen LogP contribution in [0.2, 0.25) is 0 Å². The van der Waals surface area contributed by atoms with Crippen molar-refractivity contribution in [1.29, 1.82) is 0 Å². The Morgan fingerprint density at radius 3 is 2.60 bits per heavy atom. The minimum atomic E-state index is -0.510. The van der Waals surface area contributed by atoms with Gasteiger partial charge >= 0.3 is 0 Å². The van der Waals surface area contributed by atoms with Gasteiger partial charge in [-0.05, 0) is 61.9 Å². The van der Waals surface area contributed by atoms with Crippen LogP contribution in [0.4, 0.5) is 0 Å². The lowest BCUT2D eigenvalue weighted by molar-refractivity contribution is 0.224. The second-order valence-electron chi connectivity index (χ2n) is 3.11. The van der Waals surface area contributed by atoms with Gasteiger partial charge in [0.25, 0.3) is 0 Å². The summed E-state index contributed by atoms with van der Waals surface area (Å²) >= 11 is 10.1. The lowest BCUT2D eigenvalue weighted by Gasteiger charge is -2.07. The predicted octanol–water partition coefficient (Wildman–Crippen LogP) is 4.72. The number of hydrogen-bond acceptors (Lipinski definition) is 3. The maximum absolute atomic E-state index is 10.2. The molecule has 0 aliphatic carbocycles. The third-order valence-corrected chi connectivity index (χ3v) is 6.30. The summed E-state index contributed by atoms with van der Waals surface area (Å²) in [4.78, 5) is 2.12. The maximum Gasteiger partial charge on any atom is 0.114 e. The lowest BCUT2D eigenvalue weighted by Crippen LogP contribution is -1.96. The van der Waals surface area contributed by atoms with Gasteiger partial charge in [0.15, 0.2) is 0 Å². The van der Waals surface area contributed by atoms with Crippen LogP contribution < -0.4 is 0 Å². The molecular formula is C10H8Br2OS2. The average molecular weight is 368 g/mol. The Hall–Kier alpha value is 0.320. The van der Waals surface area contributed by atoms with E-state index in [4.69, 9.17) is 0 Å². The van der Waals surface area contributed by atoms with E-state index in [1.165, 1.54) is 4.88 Å². The van der Waals surface area contributed by atoms with Crippen LogP contribution in [-0.2, 0) is 0 Å². The van der Waals surface area contributed by atoms with E-state index >= 15 is 0 Å². The van der Waals surface area contributed by atoms with Crippen LogP contribution in [0.25, 0.3) is 0 Å². The number of halogens is 2. The molecular weight excluding hydrogens is 360 g/mol. The van der Waals surface area contributed by atoms with Gasteiger partial charge in [-0.25, -0.2) is 0 Å². The topological polar surface area (TPSA) is 20.2 Å². The highest BCUT2D eigenvalue weighted by Gasteiger charge is 2.17. The molecule has 2 aromatic rings. The molecule has 0 bridgehead atoms. The molecule has 2 heterocycles. The van der Waals surface area contributed by atoms with Crippen LogP contribution in [-0.4, -0.2) is 5.11 Å². The first-order chi connectivity index (χ1) is 7.09. The normalized spacial score (nSPS) is 13.1. The first-order valence-electron chi connectivity index (χ1n) is 4.26. The van der Waals surface area contributed by atoms with Gasteiger partial charge in [0.05, 0.1) is 3.79 Å². The molecule has 0 saturated heterocycles. The molecule has 0 aliphatic heterocycles. The molecule has 15 heavy (non-hydrogen) atoms. The summed E-state index contributed by atoms with van der Waals surface area (Å²) in [5.74, 6) is 0. The highest BCUT2D eigenvalue weighted by atomic mass is 79.9. The highest BCUT2D eigenvalue weighted by molar-refractivity contribution is 9.13.